The number of nitrogens with zero attached hydrogens (tertiary/aromatic N) is 2. The van der Waals surface area contributed by atoms with E-state index in [2.05, 4.69) is 29.7 Å². The number of urea groups is 1. The van der Waals surface area contributed by atoms with E-state index in [0.717, 1.165) is 31.0 Å². The number of furan rings is 1. The predicted molar refractivity (Wildman–Crippen MR) is 110 cm³/mol. The summed E-state index contributed by atoms with van der Waals surface area (Å²) < 4.78 is 5.39. The molecule has 7 heteroatoms. The molecule has 1 atom stereocenters. The zero-order chi connectivity index (χ0) is 19.8. The first-order chi connectivity index (χ1) is 13.6. The predicted octanol–water partition coefficient (Wildman–Crippen LogP) is 2.66. The average Bonchev–Trinajstić information content (AvgIpc) is 3.22. The number of amides is 2. The van der Waals surface area contributed by atoms with Crippen molar-refractivity contribution in [1.29, 1.82) is 0 Å². The second-order valence-electron chi connectivity index (χ2n) is 7.08. The number of primary amides is 1. The Bertz CT molecular complexity index is 752. The van der Waals surface area contributed by atoms with Crippen molar-refractivity contribution in [3.63, 3.8) is 0 Å². The standard InChI is InChI=1S/C21H29N5O2/c1-16(17-6-3-2-4-7-17)24-21(23-12-9-19-8-5-15-28-19)25-18-10-13-26(14-11-18)20(22)27/h2-8,15-16,18H,9-14H2,1H3,(H2,22,27)(H2,23,24,25). The topological polar surface area (TPSA) is 95.9 Å². The molecule has 1 aliphatic heterocycles. The van der Waals surface area contributed by atoms with Gasteiger partial charge in [0, 0.05) is 32.1 Å². The molecule has 1 unspecified atom stereocenters. The van der Waals surface area contributed by atoms with Gasteiger partial charge in [0.25, 0.3) is 0 Å². The summed E-state index contributed by atoms with van der Waals surface area (Å²) in [6.45, 7) is 4.08. The van der Waals surface area contributed by atoms with Gasteiger partial charge >= 0.3 is 6.03 Å². The van der Waals surface area contributed by atoms with Gasteiger partial charge in [-0.15, -0.1) is 0 Å². The van der Waals surface area contributed by atoms with Crippen LogP contribution in [0.4, 0.5) is 4.79 Å². The van der Waals surface area contributed by atoms with E-state index in [0.29, 0.717) is 19.6 Å². The Morgan fingerprint density at radius 3 is 2.64 bits per heavy atom. The fraction of sp³-hybridized carbons (Fsp3) is 0.429. The number of carbonyl (C=O) groups excluding carboxylic acids is 1. The largest absolute Gasteiger partial charge is 0.469 e. The first kappa shape index (κ1) is 19.8. The highest BCUT2D eigenvalue weighted by molar-refractivity contribution is 5.80. The first-order valence-corrected chi connectivity index (χ1v) is 9.81. The number of benzene rings is 1. The molecule has 1 aliphatic rings. The molecule has 0 spiro atoms. The van der Waals surface area contributed by atoms with E-state index in [1.165, 1.54) is 5.56 Å². The molecule has 0 saturated carbocycles. The van der Waals surface area contributed by atoms with Crippen LogP contribution < -0.4 is 16.4 Å². The van der Waals surface area contributed by atoms with Crippen LogP contribution in [-0.4, -0.2) is 42.6 Å². The number of piperidine rings is 1. The van der Waals surface area contributed by atoms with Gasteiger partial charge in [0.2, 0.25) is 0 Å². The Morgan fingerprint density at radius 2 is 2.00 bits per heavy atom. The fourth-order valence-electron chi connectivity index (χ4n) is 3.33. The van der Waals surface area contributed by atoms with Crippen molar-refractivity contribution in [2.75, 3.05) is 19.6 Å². The highest BCUT2D eigenvalue weighted by Crippen LogP contribution is 2.13. The van der Waals surface area contributed by atoms with Crippen LogP contribution in [0, 0.1) is 0 Å². The van der Waals surface area contributed by atoms with Gasteiger partial charge in [0.05, 0.1) is 12.3 Å². The SMILES string of the molecule is CC(NC(=NCCc1ccco1)NC1CCN(C(N)=O)CC1)c1ccccc1. The Balaban J connectivity index is 1.61. The van der Waals surface area contributed by atoms with E-state index < -0.39 is 0 Å². The molecule has 0 aliphatic carbocycles. The molecule has 0 bridgehead atoms. The molecule has 1 aromatic heterocycles. The normalized spacial score (nSPS) is 16.6. The molecule has 7 nitrogen and oxygen atoms in total. The maximum atomic E-state index is 11.3. The van der Waals surface area contributed by atoms with Gasteiger partial charge < -0.3 is 25.7 Å². The molecule has 1 saturated heterocycles. The van der Waals surface area contributed by atoms with E-state index in [4.69, 9.17) is 15.1 Å². The van der Waals surface area contributed by atoms with Crippen molar-refractivity contribution in [3.05, 3.63) is 60.1 Å². The molecule has 3 rings (SSSR count). The first-order valence-electron chi connectivity index (χ1n) is 9.81. The van der Waals surface area contributed by atoms with Gasteiger partial charge in [-0.1, -0.05) is 30.3 Å². The van der Waals surface area contributed by atoms with Crippen LogP contribution in [0.1, 0.15) is 37.1 Å². The molecule has 2 amide bonds. The molecule has 0 radical (unpaired) electrons. The smallest absolute Gasteiger partial charge is 0.314 e. The number of hydrogen-bond donors (Lipinski definition) is 3. The zero-order valence-corrected chi connectivity index (χ0v) is 16.3. The third-order valence-corrected chi connectivity index (χ3v) is 5.01. The molecule has 4 N–H and O–H groups in total. The molecule has 1 fully saturated rings. The van der Waals surface area contributed by atoms with Gasteiger partial charge in [-0.2, -0.15) is 0 Å². The van der Waals surface area contributed by atoms with Crippen LogP contribution in [0.2, 0.25) is 0 Å². The number of nitrogens with one attached hydrogen (secondary N) is 2. The highest BCUT2D eigenvalue weighted by Gasteiger charge is 2.22. The van der Waals surface area contributed by atoms with Crippen LogP contribution in [0.25, 0.3) is 0 Å². The summed E-state index contributed by atoms with van der Waals surface area (Å²) in [6, 6.07) is 14.2. The Kier molecular flexibility index (Phi) is 6.94. The van der Waals surface area contributed by atoms with Crippen molar-refractivity contribution < 1.29 is 9.21 Å². The van der Waals surface area contributed by atoms with Crippen LogP contribution in [0.15, 0.2) is 58.1 Å². The van der Waals surface area contributed by atoms with Gasteiger partial charge in [0.15, 0.2) is 5.96 Å². The Labute approximate surface area is 166 Å². The summed E-state index contributed by atoms with van der Waals surface area (Å²) in [5.74, 6) is 1.70. The summed E-state index contributed by atoms with van der Waals surface area (Å²) in [5.41, 5.74) is 6.58. The quantitative estimate of drug-likeness (QED) is 0.528. The van der Waals surface area contributed by atoms with E-state index in [1.54, 1.807) is 11.2 Å². The van der Waals surface area contributed by atoms with Crippen LogP contribution in [0.3, 0.4) is 0 Å². The zero-order valence-electron chi connectivity index (χ0n) is 16.3. The van der Waals surface area contributed by atoms with E-state index in [1.807, 2.05) is 30.3 Å². The Morgan fingerprint density at radius 1 is 1.25 bits per heavy atom. The van der Waals surface area contributed by atoms with E-state index >= 15 is 0 Å². The molecule has 2 aromatic rings. The number of hydrogen-bond acceptors (Lipinski definition) is 3. The maximum Gasteiger partial charge on any atom is 0.314 e. The second-order valence-corrected chi connectivity index (χ2v) is 7.08. The van der Waals surface area contributed by atoms with E-state index in [9.17, 15) is 4.79 Å². The monoisotopic (exact) mass is 383 g/mol. The maximum absolute atomic E-state index is 11.3. The number of aliphatic imine (C=N–C) groups is 1. The lowest BCUT2D eigenvalue weighted by atomic mass is 10.1. The Hall–Kier alpha value is -2.96. The van der Waals surface area contributed by atoms with Crippen molar-refractivity contribution in [2.45, 2.75) is 38.3 Å². The molecule has 1 aromatic carbocycles. The number of guanidine groups is 1. The van der Waals surface area contributed by atoms with Gasteiger partial charge in [0.1, 0.15) is 5.76 Å². The third-order valence-electron chi connectivity index (χ3n) is 5.01. The summed E-state index contributed by atoms with van der Waals surface area (Å²) in [7, 11) is 0. The number of carbonyl (C=O) groups is 1. The highest BCUT2D eigenvalue weighted by atomic mass is 16.3. The van der Waals surface area contributed by atoms with Crippen molar-refractivity contribution in [3.8, 4) is 0 Å². The van der Waals surface area contributed by atoms with Gasteiger partial charge in [-0.3, -0.25) is 4.99 Å². The minimum absolute atomic E-state index is 0.127. The van der Waals surface area contributed by atoms with Gasteiger partial charge in [-0.05, 0) is 37.5 Å². The summed E-state index contributed by atoms with van der Waals surface area (Å²) in [4.78, 5) is 17.8. The number of likely N-dealkylation sites (tertiary alicyclic amines) is 1. The second kappa shape index (κ2) is 9.82. The van der Waals surface area contributed by atoms with Crippen LogP contribution in [-0.2, 0) is 6.42 Å². The fourth-order valence-corrected chi connectivity index (χ4v) is 3.33. The lowest BCUT2D eigenvalue weighted by Gasteiger charge is -2.32. The lowest BCUT2D eigenvalue weighted by Crippen LogP contribution is -2.51. The molecular weight excluding hydrogens is 354 g/mol. The summed E-state index contributed by atoms with van der Waals surface area (Å²) in [6.07, 6.45) is 4.13. The summed E-state index contributed by atoms with van der Waals surface area (Å²) >= 11 is 0. The minimum Gasteiger partial charge on any atom is -0.469 e. The van der Waals surface area contributed by atoms with Crippen molar-refractivity contribution >= 4 is 12.0 Å². The molecule has 150 valence electrons. The van der Waals surface area contributed by atoms with Gasteiger partial charge in [-0.25, -0.2) is 4.79 Å². The number of nitrogens with two attached hydrogens (primary N) is 1. The average molecular weight is 383 g/mol. The molecule has 28 heavy (non-hydrogen) atoms. The van der Waals surface area contributed by atoms with Crippen molar-refractivity contribution in [2.24, 2.45) is 10.7 Å². The summed E-state index contributed by atoms with van der Waals surface area (Å²) in [5, 5.41) is 7.02. The van der Waals surface area contributed by atoms with E-state index in [-0.39, 0.29) is 18.1 Å². The minimum atomic E-state index is -0.346. The number of rotatable bonds is 6. The van der Waals surface area contributed by atoms with Crippen LogP contribution >= 0.6 is 0 Å². The third kappa shape index (κ3) is 5.77. The lowest BCUT2D eigenvalue weighted by molar-refractivity contribution is 0.188. The molecular formula is C21H29N5O2. The van der Waals surface area contributed by atoms with Crippen LogP contribution in [0.5, 0.6) is 0 Å². The van der Waals surface area contributed by atoms with Crippen molar-refractivity contribution in [1.82, 2.24) is 15.5 Å². The molecule has 2 heterocycles.